The number of nitrogen functional groups attached to an aromatic ring is 1. The average Bonchev–Trinajstić information content (AvgIpc) is 2.42. The number of rotatable bonds is 5. The van der Waals surface area contributed by atoms with Gasteiger partial charge in [-0.2, -0.15) is 0 Å². The van der Waals surface area contributed by atoms with Crippen LogP contribution >= 0.6 is 0 Å². The predicted molar refractivity (Wildman–Crippen MR) is 84.2 cm³/mol. The molecule has 0 aromatic heterocycles. The second-order valence-electron chi connectivity index (χ2n) is 4.67. The second kappa shape index (κ2) is 6.52. The van der Waals surface area contributed by atoms with E-state index in [1.807, 2.05) is 30.3 Å². The summed E-state index contributed by atoms with van der Waals surface area (Å²) >= 11 is 0. The molecule has 0 spiro atoms. The lowest BCUT2D eigenvalue weighted by Crippen LogP contribution is -2.26. The molecule has 0 aliphatic rings. The summed E-state index contributed by atoms with van der Waals surface area (Å²) in [6.07, 6.45) is 2.35. The van der Waals surface area contributed by atoms with Gasteiger partial charge in [0.2, 0.25) is 0 Å². The van der Waals surface area contributed by atoms with Crippen molar-refractivity contribution >= 4 is 33.2 Å². The summed E-state index contributed by atoms with van der Waals surface area (Å²) in [6.45, 7) is 0.505. The van der Waals surface area contributed by atoms with Crippen molar-refractivity contribution < 1.29 is 9.00 Å². The Kier molecular flexibility index (Phi) is 4.74. The molecule has 106 valence electrons. The van der Waals surface area contributed by atoms with E-state index in [4.69, 9.17) is 5.73 Å². The van der Waals surface area contributed by atoms with E-state index < -0.39 is 10.8 Å². The van der Waals surface area contributed by atoms with Crippen LogP contribution in [-0.2, 0) is 10.8 Å². The normalized spacial score (nSPS) is 12.2. The highest BCUT2D eigenvalue weighted by molar-refractivity contribution is 7.84. The molecule has 0 aliphatic heterocycles. The predicted octanol–water partition coefficient (Wildman–Crippen LogP) is 1.92. The maximum Gasteiger partial charge on any atom is 0.253 e. The van der Waals surface area contributed by atoms with Crippen LogP contribution in [0.3, 0.4) is 0 Å². The summed E-state index contributed by atoms with van der Waals surface area (Å²) in [5.74, 6) is 0.406. The molecule has 2 aromatic carbocycles. The van der Waals surface area contributed by atoms with Gasteiger partial charge in [-0.1, -0.05) is 24.3 Å². The third kappa shape index (κ3) is 3.57. The Labute approximate surface area is 120 Å². The fourth-order valence-corrected chi connectivity index (χ4v) is 2.58. The minimum atomic E-state index is -0.824. The first-order valence-electron chi connectivity index (χ1n) is 6.44. The van der Waals surface area contributed by atoms with Crippen molar-refractivity contribution in [1.82, 2.24) is 5.32 Å². The van der Waals surface area contributed by atoms with E-state index in [0.29, 0.717) is 30.0 Å². The first kappa shape index (κ1) is 14.5. The number of nitrogens with one attached hydrogen (secondary N) is 1. The Morgan fingerprint density at radius 1 is 1.25 bits per heavy atom. The van der Waals surface area contributed by atoms with Crippen LogP contribution in [0.15, 0.2) is 36.4 Å². The Morgan fingerprint density at radius 3 is 2.55 bits per heavy atom. The number of amides is 1. The molecular formula is C15H18N2O2S. The SMILES string of the molecule is CS(=O)CCCNC(=O)c1cc2ccccc2cc1N. The monoisotopic (exact) mass is 290 g/mol. The van der Waals surface area contributed by atoms with E-state index in [0.717, 1.165) is 10.8 Å². The molecule has 1 amide bonds. The first-order chi connectivity index (χ1) is 9.58. The summed E-state index contributed by atoms with van der Waals surface area (Å²) < 4.78 is 10.9. The minimum absolute atomic E-state index is 0.185. The maximum absolute atomic E-state index is 12.1. The molecule has 2 aromatic rings. The standard InChI is InChI=1S/C15H18N2O2S/c1-20(19)8-4-7-17-15(18)13-9-11-5-2-3-6-12(11)10-14(13)16/h2-3,5-6,9-10H,4,7-8,16H2,1H3,(H,17,18). The largest absolute Gasteiger partial charge is 0.398 e. The Morgan fingerprint density at radius 2 is 1.90 bits per heavy atom. The Bertz CT molecular complexity index is 655. The minimum Gasteiger partial charge on any atom is -0.398 e. The zero-order valence-electron chi connectivity index (χ0n) is 11.4. The summed E-state index contributed by atoms with van der Waals surface area (Å²) in [5.41, 5.74) is 6.89. The molecule has 1 unspecified atom stereocenters. The molecule has 0 radical (unpaired) electrons. The lowest BCUT2D eigenvalue weighted by molar-refractivity contribution is 0.0955. The maximum atomic E-state index is 12.1. The van der Waals surface area contributed by atoms with E-state index in [9.17, 15) is 9.00 Å². The van der Waals surface area contributed by atoms with Gasteiger partial charge >= 0.3 is 0 Å². The van der Waals surface area contributed by atoms with Crippen molar-refractivity contribution in [2.45, 2.75) is 6.42 Å². The van der Waals surface area contributed by atoms with Gasteiger partial charge in [0.15, 0.2) is 0 Å². The number of fused-ring (bicyclic) bond motifs is 1. The molecule has 0 saturated heterocycles. The van der Waals surface area contributed by atoms with Crippen molar-refractivity contribution in [3.63, 3.8) is 0 Å². The number of carbonyl (C=O) groups is 1. The summed E-state index contributed by atoms with van der Waals surface area (Å²) in [7, 11) is -0.824. The van der Waals surface area contributed by atoms with Crippen LogP contribution in [-0.4, -0.2) is 28.7 Å². The Balaban J connectivity index is 2.09. The van der Waals surface area contributed by atoms with Crippen LogP contribution in [0.1, 0.15) is 16.8 Å². The van der Waals surface area contributed by atoms with E-state index in [2.05, 4.69) is 5.32 Å². The van der Waals surface area contributed by atoms with Gasteiger partial charge in [-0.05, 0) is 29.3 Å². The number of anilines is 1. The molecule has 0 fully saturated rings. The van der Waals surface area contributed by atoms with Crippen molar-refractivity contribution in [3.8, 4) is 0 Å². The van der Waals surface area contributed by atoms with Crippen molar-refractivity contribution in [2.75, 3.05) is 24.3 Å². The van der Waals surface area contributed by atoms with Gasteiger partial charge in [-0.3, -0.25) is 9.00 Å². The molecule has 1 atom stereocenters. The quantitative estimate of drug-likeness (QED) is 0.653. The number of hydrogen-bond acceptors (Lipinski definition) is 3. The highest BCUT2D eigenvalue weighted by Gasteiger charge is 2.10. The zero-order valence-corrected chi connectivity index (χ0v) is 12.2. The molecule has 0 aliphatic carbocycles. The van der Waals surface area contributed by atoms with Crippen LogP contribution in [0.5, 0.6) is 0 Å². The van der Waals surface area contributed by atoms with E-state index in [1.54, 1.807) is 12.3 Å². The molecule has 4 nitrogen and oxygen atoms in total. The Hall–Kier alpha value is -1.88. The third-order valence-electron chi connectivity index (χ3n) is 3.06. The van der Waals surface area contributed by atoms with Gasteiger partial charge in [0, 0.05) is 35.0 Å². The van der Waals surface area contributed by atoms with Crippen LogP contribution in [0, 0.1) is 0 Å². The molecule has 2 rings (SSSR count). The van der Waals surface area contributed by atoms with Gasteiger partial charge < -0.3 is 11.1 Å². The van der Waals surface area contributed by atoms with E-state index in [-0.39, 0.29) is 5.91 Å². The molecule has 20 heavy (non-hydrogen) atoms. The highest BCUT2D eigenvalue weighted by atomic mass is 32.2. The van der Waals surface area contributed by atoms with Gasteiger partial charge in [0.05, 0.1) is 5.56 Å². The number of nitrogens with two attached hydrogens (primary N) is 1. The second-order valence-corrected chi connectivity index (χ2v) is 6.23. The molecule has 3 N–H and O–H groups in total. The first-order valence-corrected chi connectivity index (χ1v) is 8.17. The molecule has 0 saturated carbocycles. The summed E-state index contributed by atoms with van der Waals surface area (Å²) in [6, 6.07) is 11.4. The van der Waals surface area contributed by atoms with Gasteiger partial charge in [0.25, 0.3) is 5.91 Å². The third-order valence-corrected chi connectivity index (χ3v) is 3.92. The van der Waals surface area contributed by atoms with Crippen molar-refractivity contribution in [1.29, 1.82) is 0 Å². The fraction of sp³-hybridized carbons (Fsp3) is 0.267. The van der Waals surface area contributed by atoms with Crippen molar-refractivity contribution in [2.24, 2.45) is 0 Å². The fourth-order valence-electron chi connectivity index (χ4n) is 2.03. The number of hydrogen-bond donors (Lipinski definition) is 2. The number of benzene rings is 2. The number of carbonyl (C=O) groups excluding carboxylic acids is 1. The van der Waals surface area contributed by atoms with Crippen LogP contribution in [0.4, 0.5) is 5.69 Å². The van der Waals surface area contributed by atoms with Crippen molar-refractivity contribution in [3.05, 3.63) is 42.0 Å². The zero-order chi connectivity index (χ0) is 14.5. The van der Waals surface area contributed by atoms with Gasteiger partial charge in [0.1, 0.15) is 0 Å². The topological polar surface area (TPSA) is 72.2 Å². The highest BCUT2D eigenvalue weighted by Crippen LogP contribution is 2.21. The molecule has 0 bridgehead atoms. The molecule has 0 heterocycles. The van der Waals surface area contributed by atoms with Crippen LogP contribution < -0.4 is 11.1 Å². The van der Waals surface area contributed by atoms with Crippen LogP contribution in [0.25, 0.3) is 10.8 Å². The summed E-state index contributed by atoms with van der Waals surface area (Å²) in [5, 5.41) is 4.81. The van der Waals surface area contributed by atoms with E-state index >= 15 is 0 Å². The smallest absolute Gasteiger partial charge is 0.253 e. The molecule has 5 heteroatoms. The summed E-state index contributed by atoms with van der Waals surface area (Å²) in [4.78, 5) is 12.1. The van der Waals surface area contributed by atoms with E-state index in [1.165, 1.54) is 0 Å². The molecular weight excluding hydrogens is 272 g/mol. The lowest BCUT2D eigenvalue weighted by Gasteiger charge is -2.09. The van der Waals surface area contributed by atoms with Gasteiger partial charge in [-0.15, -0.1) is 0 Å². The van der Waals surface area contributed by atoms with Gasteiger partial charge in [-0.25, -0.2) is 0 Å². The average molecular weight is 290 g/mol. The van der Waals surface area contributed by atoms with Crippen LogP contribution in [0.2, 0.25) is 0 Å². The lowest BCUT2D eigenvalue weighted by atomic mass is 10.0.